The molecule has 158 valence electrons. The largest absolute Gasteiger partial charge is 0.345 e. The van der Waals surface area contributed by atoms with E-state index in [0.29, 0.717) is 41.0 Å². The van der Waals surface area contributed by atoms with E-state index in [-0.39, 0.29) is 17.6 Å². The van der Waals surface area contributed by atoms with E-state index in [1.165, 1.54) is 24.3 Å². The van der Waals surface area contributed by atoms with E-state index in [4.69, 9.17) is 0 Å². The van der Waals surface area contributed by atoms with E-state index in [1.807, 2.05) is 6.07 Å². The number of hydrogen-bond donors (Lipinski definition) is 2. The smallest absolute Gasteiger partial charge is 0.251 e. The van der Waals surface area contributed by atoms with Crippen LogP contribution in [0.1, 0.15) is 33.9 Å². The van der Waals surface area contributed by atoms with Gasteiger partial charge in [0.25, 0.3) is 5.91 Å². The summed E-state index contributed by atoms with van der Waals surface area (Å²) >= 11 is 1.56. The van der Waals surface area contributed by atoms with Crippen LogP contribution >= 0.6 is 11.8 Å². The molecule has 1 unspecified atom stereocenters. The van der Waals surface area contributed by atoms with Gasteiger partial charge in [-0.25, -0.2) is 8.78 Å². The zero-order valence-electron chi connectivity index (χ0n) is 16.5. The first kappa shape index (κ1) is 21.1. The highest BCUT2D eigenvalue weighted by atomic mass is 32.2. The monoisotopic (exact) mass is 438 g/mol. The number of carbonyl (C=O) groups excluding carboxylic acids is 2. The minimum absolute atomic E-state index is 0.0902. The zero-order valence-corrected chi connectivity index (χ0v) is 17.3. The van der Waals surface area contributed by atoms with Gasteiger partial charge >= 0.3 is 0 Å². The van der Waals surface area contributed by atoms with E-state index in [9.17, 15) is 18.4 Å². The molecule has 1 heterocycles. The van der Waals surface area contributed by atoms with Crippen LogP contribution < -0.4 is 10.6 Å². The maximum absolute atomic E-state index is 13.8. The molecule has 1 aliphatic rings. The highest BCUT2D eigenvalue weighted by Gasteiger charge is 2.20. The van der Waals surface area contributed by atoms with Crippen LogP contribution in [0.15, 0.2) is 71.6 Å². The lowest BCUT2D eigenvalue weighted by Crippen LogP contribution is -2.30. The molecule has 0 bridgehead atoms. The van der Waals surface area contributed by atoms with Crippen molar-refractivity contribution < 1.29 is 18.4 Å². The number of rotatable bonds is 5. The van der Waals surface area contributed by atoms with Gasteiger partial charge in [0, 0.05) is 22.6 Å². The van der Waals surface area contributed by atoms with Crippen molar-refractivity contribution in [1.29, 1.82) is 0 Å². The highest BCUT2D eigenvalue weighted by Crippen LogP contribution is 2.31. The summed E-state index contributed by atoms with van der Waals surface area (Å²) in [6, 6.07) is 16.7. The highest BCUT2D eigenvalue weighted by molar-refractivity contribution is 7.99. The summed E-state index contributed by atoms with van der Waals surface area (Å²) in [7, 11) is 0. The third kappa shape index (κ3) is 5.30. The third-order valence-corrected chi connectivity index (χ3v) is 6.06. The number of amides is 2. The number of anilines is 1. The third-order valence-electron chi connectivity index (χ3n) is 4.99. The summed E-state index contributed by atoms with van der Waals surface area (Å²) in [5, 5.41) is 5.76. The van der Waals surface area contributed by atoms with Crippen LogP contribution in [0.3, 0.4) is 0 Å². The summed E-state index contributed by atoms with van der Waals surface area (Å²) in [5.74, 6) is -0.564. The van der Waals surface area contributed by atoms with E-state index < -0.39 is 11.9 Å². The van der Waals surface area contributed by atoms with Gasteiger partial charge in [-0.2, -0.15) is 0 Å². The van der Waals surface area contributed by atoms with Crippen LogP contribution in [0.4, 0.5) is 14.5 Å². The summed E-state index contributed by atoms with van der Waals surface area (Å²) < 4.78 is 27.5. The second-order valence-electron chi connectivity index (χ2n) is 7.27. The van der Waals surface area contributed by atoms with Gasteiger partial charge in [-0.1, -0.05) is 24.3 Å². The van der Waals surface area contributed by atoms with Gasteiger partial charge in [0.05, 0.1) is 11.7 Å². The van der Waals surface area contributed by atoms with Crippen molar-refractivity contribution in [2.24, 2.45) is 0 Å². The Kier molecular flexibility index (Phi) is 6.32. The van der Waals surface area contributed by atoms with Crippen LogP contribution in [0.25, 0.3) is 0 Å². The number of thioether (sulfide) groups is 1. The second kappa shape index (κ2) is 9.31. The molecule has 3 aromatic carbocycles. The fourth-order valence-corrected chi connectivity index (χ4v) is 4.42. The molecule has 2 amide bonds. The van der Waals surface area contributed by atoms with Crippen LogP contribution in [-0.4, -0.2) is 17.6 Å². The number of hydrogen-bond acceptors (Lipinski definition) is 3. The molecule has 0 saturated heterocycles. The Morgan fingerprint density at radius 3 is 2.58 bits per heavy atom. The maximum Gasteiger partial charge on any atom is 0.251 e. The van der Waals surface area contributed by atoms with Gasteiger partial charge in [-0.3, -0.25) is 9.59 Å². The zero-order chi connectivity index (χ0) is 21.8. The molecule has 7 heteroatoms. The molecule has 2 N–H and O–H groups in total. The SMILES string of the molecule is O=C1CCSc2ccc(C(=O)NC(Cc3cccc(F)c3)c3cccc(F)c3)cc2N1. The molecule has 1 aliphatic heterocycles. The van der Waals surface area contributed by atoms with Crippen molar-refractivity contribution in [3.05, 3.63) is 95.1 Å². The molecule has 1 atom stereocenters. The number of fused-ring (bicyclic) bond motifs is 1. The molecule has 0 saturated carbocycles. The second-order valence-corrected chi connectivity index (χ2v) is 8.41. The Morgan fingerprint density at radius 1 is 1.03 bits per heavy atom. The predicted octanol–water partition coefficient (Wildman–Crippen LogP) is 5.11. The van der Waals surface area contributed by atoms with E-state index >= 15 is 0 Å². The number of halogens is 2. The van der Waals surface area contributed by atoms with Gasteiger partial charge < -0.3 is 10.6 Å². The number of benzene rings is 3. The topological polar surface area (TPSA) is 58.2 Å². The van der Waals surface area contributed by atoms with Crippen LogP contribution in [0.2, 0.25) is 0 Å². The Bertz CT molecular complexity index is 1140. The number of nitrogens with one attached hydrogen (secondary N) is 2. The summed E-state index contributed by atoms with van der Waals surface area (Å²) in [5.41, 5.74) is 2.24. The van der Waals surface area contributed by atoms with Crippen molar-refractivity contribution in [3.63, 3.8) is 0 Å². The van der Waals surface area contributed by atoms with Crippen LogP contribution in [0, 0.1) is 11.6 Å². The van der Waals surface area contributed by atoms with Gasteiger partial charge in [0.15, 0.2) is 0 Å². The van der Waals surface area contributed by atoms with Crippen molar-refractivity contribution in [2.45, 2.75) is 23.8 Å². The molecule has 0 aliphatic carbocycles. The lowest BCUT2D eigenvalue weighted by atomic mass is 9.98. The molecular weight excluding hydrogens is 418 g/mol. The Balaban J connectivity index is 1.60. The van der Waals surface area contributed by atoms with Gasteiger partial charge in [-0.15, -0.1) is 11.8 Å². The molecule has 0 radical (unpaired) electrons. The first-order valence-electron chi connectivity index (χ1n) is 9.85. The summed E-state index contributed by atoms with van der Waals surface area (Å²) in [6.07, 6.45) is 0.709. The molecule has 0 aromatic heterocycles. The summed E-state index contributed by atoms with van der Waals surface area (Å²) in [6.45, 7) is 0. The first-order chi connectivity index (χ1) is 15.0. The molecule has 4 nitrogen and oxygen atoms in total. The summed E-state index contributed by atoms with van der Waals surface area (Å²) in [4.78, 5) is 25.8. The number of carbonyl (C=O) groups is 2. The van der Waals surface area contributed by atoms with Gasteiger partial charge in [0.2, 0.25) is 5.91 Å². The minimum atomic E-state index is -0.562. The predicted molar refractivity (Wildman–Crippen MR) is 117 cm³/mol. The van der Waals surface area contributed by atoms with Crippen molar-refractivity contribution >= 4 is 29.3 Å². The molecule has 31 heavy (non-hydrogen) atoms. The van der Waals surface area contributed by atoms with Crippen molar-refractivity contribution in [3.8, 4) is 0 Å². The van der Waals surface area contributed by atoms with E-state index in [2.05, 4.69) is 10.6 Å². The molecule has 4 rings (SSSR count). The lowest BCUT2D eigenvalue weighted by molar-refractivity contribution is -0.115. The molecule has 0 spiro atoms. The van der Waals surface area contributed by atoms with E-state index in [0.717, 1.165) is 4.90 Å². The Morgan fingerprint density at radius 2 is 1.81 bits per heavy atom. The molecule has 3 aromatic rings. The fourth-order valence-electron chi connectivity index (χ4n) is 3.48. The minimum Gasteiger partial charge on any atom is -0.345 e. The van der Waals surface area contributed by atoms with E-state index in [1.54, 1.807) is 48.2 Å². The molecule has 0 fully saturated rings. The lowest BCUT2D eigenvalue weighted by Gasteiger charge is -2.20. The Hall–Kier alpha value is -3.19. The first-order valence-corrected chi connectivity index (χ1v) is 10.8. The maximum atomic E-state index is 13.8. The Labute approximate surface area is 183 Å². The standard InChI is InChI=1S/C24H20F2N2O2S/c25-18-5-1-3-15(11-18)12-20(16-4-2-6-19(26)13-16)28-24(30)17-7-8-22-21(14-17)27-23(29)9-10-31-22/h1-8,11,13-14,20H,9-10,12H2,(H,27,29)(H,28,30). The quantitative estimate of drug-likeness (QED) is 0.582. The van der Waals surface area contributed by atoms with Crippen LogP contribution in [0.5, 0.6) is 0 Å². The van der Waals surface area contributed by atoms with Crippen LogP contribution in [-0.2, 0) is 11.2 Å². The van der Waals surface area contributed by atoms with Gasteiger partial charge in [0.1, 0.15) is 11.6 Å². The fraction of sp³-hybridized carbons (Fsp3) is 0.167. The van der Waals surface area contributed by atoms with Gasteiger partial charge in [-0.05, 0) is 60.0 Å². The van der Waals surface area contributed by atoms with Crippen molar-refractivity contribution in [1.82, 2.24) is 5.32 Å². The average molecular weight is 438 g/mol. The molecular formula is C24H20F2N2O2S. The normalized spacial score (nSPS) is 14.2. The van der Waals surface area contributed by atoms with Crippen molar-refractivity contribution in [2.75, 3.05) is 11.1 Å². The average Bonchev–Trinajstić information content (AvgIpc) is 2.93.